The molecule has 0 atom stereocenters. The number of amides is 1. The number of fused-ring (bicyclic) bond motifs is 2. The van der Waals surface area contributed by atoms with Crippen LogP contribution in [-0.4, -0.2) is 38.7 Å². The van der Waals surface area contributed by atoms with E-state index in [1.54, 1.807) is 0 Å². The predicted molar refractivity (Wildman–Crippen MR) is 147 cm³/mol. The lowest BCUT2D eigenvalue weighted by atomic mass is 10.1. The van der Waals surface area contributed by atoms with Crippen molar-refractivity contribution in [3.05, 3.63) is 87.7 Å². The van der Waals surface area contributed by atoms with Crippen LogP contribution in [0.5, 0.6) is 0 Å². The Morgan fingerprint density at radius 3 is 2.59 bits per heavy atom. The lowest BCUT2D eigenvalue weighted by molar-refractivity contribution is 0.0996. The fraction of sp³-hybridized carbons (Fsp3) is 0.286. The van der Waals surface area contributed by atoms with Gasteiger partial charge < -0.3 is 9.30 Å². The number of benzene rings is 3. The normalized spacial score (nSPS) is 13.9. The van der Waals surface area contributed by atoms with E-state index in [-0.39, 0.29) is 4.90 Å². The van der Waals surface area contributed by atoms with E-state index in [4.69, 9.17) is 4.74 Å². The van der Waals surface area contributed by atoms with Crippen LogP contribution in [0.2, 0.25) is 0 Å². The summed E-state index contributed by atoms with van der Waals surface area (Å²) in [5.41, 5.74) is 5.39. The quantitative estimate of drug-likeness (QED) is 0.317. The van der Waals surface area contributed by atoms with Crippen LogP contribution in [0.3, 0.4) is 0 Å². The minimum Gasteiger partial charge on any atom is -0.380 e. The Bertz CT molecular complexity index is 1650. The highest BCUT2D eigenvalue weighted by atomic mass is 32.2. The minimum absolute atomic E-state index is 0.153. The first kappa shape index (κ1) is 25.4. The summed E-state index contributed by atoms with van der Waals surface area (Å²) in [5.74, 6) is -0.415. The van der Waals surface area contributed by atoms with Gasteiger partial charge in [0.25, 0.3) is 15.9 Å². The van der Waals surface area contributed by atoms with Gasteiger partial charge in [0.1, 0.15) is 0 Å². The summed E-state index contributed by atoms with van der Waals surface area (Å²) in [6.45, 7) is 8.18. The summed E-state index contributed by atoms with van der Waals surface area (Å²) in [6, 6.07) is 17.8. The highest BCUT2D eigenvalue weighted by molar-refractivity contribution is 7.92. The summed E-state index contributed by atoms with van der Waals surface area (Å²) in [7, 11) is -3.72. The Morgan fingerprint density at radius 2 is 1.84 bits per heavy atom. The zero-order valence-electron chi connectivity index (χ0n) is 21.1. The molecule has 192 valence electrons. The van der Waals surface area contributed by atoms with E-state index < -0.39 is 15.9 Å². The lowest BCUT2D eigenvalue weighted by Gasteiger charge is -2.19. The predicted octanol–water partition coefficient (Wildman–Crippen LogP) is 4.85. The molecule has 0 bridgehead atoms. The SMILES string of the molecule is CCOCCn1c(=NC(=O)c2ccc(S(=O)(=O)N3CCc4ccccc43)cc2)sc2cc(C)cc(C)c21. The molecule has 0 radical (unpaired) electrons. The van der Waals surface area contributed by atoms with E-state index >= 15 is 0 Å². The summed E-state index contributed by atoms with van der Waals surface area (Å²) in [6.07, 6.45) is 0.683. The molecule has 0 unspecified atom stereocenters. The Morgan fingerprint density at radius 1 is 1.08 bits per heavy atom. The molecular weight excluding hydrogens is 506 g/mol. The molecule has 1 aliphatic heterocycles. The third kappa shape index (κ3) is 4.86. The van der Waals surface area contributed by atoms with Crippen molar-refractivity contribution in [2.24, 2.45) is 4.99 Å². The van der Waals surface area contributed by atoms with Crippen LogP contribution < -0.4 is 9.11 Å². The first-order valence-electron chi connectivity index (χ1n) is 12.3. The van der Waals surface area contributed by atoms with Gasteiger partial charge in [0, 0.05) is 25.3 Å². The van der Waals surface area contributed by atoms with Gasteiger partial charge in [0.15, 0.2) is 4.80 Å². The molecule has 0 aliphatic carbocycles. The fourth-order valence-corrected chi connectivity index (χ4v) is 7.52. The Balaban J connectivity index is 1.46. The van der Waals surface area contributed by atoms with Crippen molar-refractivity contribution in [1.29, 1.82) is 0 Å². The summed E-state index contributed by atoms with van der Waals surface area (Å²) in [4.78, 5) is 18.3. The highest BCUT2D eigenvalue weighted by Crippen LogP contribution is 2.32. The number of anilines is 1. The topological polar surface area (TPSA) is 81.0 Å². The molecule has 1 aromatic heterocycles. The van der Waals surface area contributed by atoms with Crippen molar-refractivity contribution in [1.82, 2.24) is 4.57 Å². The molecule has 1 amide bonds. The van der Waals surface area contributed by atoms with Gasteiger partial charge >= 0.3 is 0 Å². The maximum absolute atomic E-state index is 13.3. The molecule has 7 nitrogen and oxygen atoms in total. The minimum atomic E-state index is -3.72. The van der Waals surface area contributed by atoms with Gasteiger partial charge in [0.2, 0.25) is 0 Å². The molecule has 0 saturated carbocycles. The first-order chi connectivity index (χ1) is 17.8. The third-order valence-corrected chi connectivity index (χ3v) is 9.36. The van der Waals surface area contributed by atoms with Crippen molar-refractivity contribution in [3.63, 3.8) is 0 Å². The fourth-order valence-electron chi connectivity index (χ4n) is 4.79. The van der Waals surface area contributed by atoms with E-state index in [9.17, 15) is 13.2 Å². The number of sulfonamides is 1. The van der Waals surface area contributed by atoms with Crippen molar-refractivity contribution in [2.45, 2.75) is 38.6 Å². The molecule has 0 N–H and O–H groups in total. The monoisotopic (exact) mass is 535 g/mol. The smallest absolute Gasteiger partial charge is 0.279 e. The first-order valence-corrected chi connectivity index (χ1v) is 14.5. The molecule has 0 fully saturated rings. The van der Waals surface area contributed by atoms with E-state index in [0.717, 1.165) is 26.9 Å². The standard InChI is InChI=1S/C28H29N3O4S2/c1-4-35-16-15-30-26-20(3)17-19(2)18-25(26)36-28(30)29-27(32)22-9-11-23(12-10-22)37(33,34)31-14-13-21-7-5-6-8-24(21)31/h5-12,17-18H,4,13-16H2,1-3H3. The van der Waals surface area contributed by atoms with Gasteiger partial charge in [-0.05, 0) is 80.3 Å². The Labute approximate surface area is 220 Å². The average molecular weight is 536 g/mol. The second kappa shape index (κ2) is 10.2. The molecule has 2 heterocycles. The van der Waals surface area contributed by atoms with Crippen LogP contribution in [0.25, 0.3) is 10.2 Å². The lowest BCUT2D eigenvalue weighted by Crippen LogP contribution is -2.29. The van der Waals surface area contributed by atoms with Crippen molar-refractivity contribution >= 4 is 43.2 Å². The molecule has 5 rings (SSSR count). The number of hydrogen-bond donors (Lipinski definition) is 0. The summed E-state index contributed by atoms with van der Waals surface area (Å²) < 4.78 is 36.7. The van der Waals surface area contributed by atoms with Gasteiger partial charge in [0.05, 0.1) is 27.4 Å². The molecule has 3 aromatic carbocycles. The van der Waals surface area contributed by atoms with Gasteiger partial charge in [-0.1, -0.05) is 35.6 Å². The number of hydrogen-bond acceptors (Lipinski definition) is 5. The number of rotatable bonds is 7. The summed E-state index contributed by atoms with van der Waals surface area (Å²) in [5, 5.41) is 0. The number of aryl methyl sites for hydroxylation is 2. The molecule has 9 heteroatoms. The average Bonchev–Trinajstić information content (AvgIpc) is 3.46. The number of carbonyl (C=O) groups excluding carboxylic acids is 1. The molecule has 4 aromatic rings. The molecule has 37 heavy (non-hydrogen) atoms. The van der Waals surface area contributed by atoms with Gasteiger partial charge in [-0.3, -0.25) is 9.10 Å². The molecular formula is C28H29N3O4S2. The van der Waals surface area contributed by atoms with Gasteiger partial charge in [-0.15, -0.1) is 0 Å². The van der Waals surface area contributed by atoms with Crippen LogP contribution >= 0.6 is 11.3 Å². The highest BCUT2D eigenvalue weighted by Gasteiger charge is 2.30. The summed E-state index contributed by atoms with van der Waals surface area (Å²) >= 11 is 1.47. The van der Waals surface area contributed by atoms with E-state index in [1.165, 1.54) is 39.9 Å². The number of ether oxygens (including phenoxy) is 1. The maximum Gasteiger partial charge on any atom is 0.279 e. The second-order valence-corrected chi connectivity index (χ2v) is 11.9. The second-order valence-electron chi connectivity index (χ2n) is 9.06. The van der Waals surface area contributed by atoms with E-state index in [0.29, 0.717) is 48.8 Å². The zero-order chi connectivity index (χ0) is 26.2. The number of aromatic nitrogens is 1. The molecule has 0 spiro atoms. The number of nitrogens with zero attached hydrogens (tertiary/aromatic N) is 3. The van der Waals surface area contributed by atoms with Crippen molar-refractivity contribution < 1.29 is 17.9 Å². The van der Waals surface area contributed by atoms with Crippen molar-refractivity contribution in [3.8, 4) is 0 Å². The number of carbonyl (C=O) groups is 1. The van der Waals surface area contributed by atoms with Crippen LogP contribution in [0.1, 0.15) is 34.0 Å². The Kier molecular flexibility index (Phi) is 7.02. The van der Waals surface area contributed by atoms with Gasteiger partial charge in [-0.2, -0.15) is 4.99 Å². The Hall–Kier alpha value is -3.27. The maximum atomic E-state index is 13.3. The largest absolute Gasteiger partial charge is 0.380 e. The van der Waals surface area contributed by atoms with Crippen LogP contribution in [0.4, 0.5) is 5.69 Å². The van der Waals surface area contributed by atoms with Gasteiger partial charge in [-0.25, -0.2) is 8.42 Å². The van der Waals surface area contributed by atoms with Crippen molar-refractivity contribution in [2.75, 3.05) is 24.1 Å². The molecule has 1 aliphatic rings. The van der Waals surface area contributed by atoms with E-state index in [2.05, 4.69) is 31.0 Å². The number of para-hydroxylation sites is 1. The van der Waals surface area contributed by atoms with Crippen LogP contribution in [0.15, 0.2) is 70.6 Å². The van der Waals surface area contributed by atoms with Crippen LogP contribution in [-0.2, 0) is 27.7 Å². The molecule has 0 saturated heterocycles. The van der Waals surface area contributed by atoms with Crippen LogP contribution in [0, 0.1) is 13.8 Å². The van der Waals surface area contributed by atoms with E-state index in [1.807, 2.05) is 35.8 Å². The third-order valence-electron chi connectivity index (χ3n) is 6.51. The number of thiazole rings is 1. The zero-order valence-corrected chi connectivity index (χ0v) is 22.7.